The van der Waals surface area contributed by atoms with Gasteiger partial charge in [0.15, 0.2) is 0 Å². The SMILES string of the molecule is CC(C)(C)c1cc(C2=C=C=C(c3cc(C(C)(C)C)cc(C(C)(C)C)c3)c3ccc(s3)-c3ccc(s3)C(c3cc(C(C)(C)C)cc(C(C)(C)C)c3)=C=C=C(c3cc(C(C)(C)C)cc(C(C)(C)C)c3)c3ccc(s3)-c3ccc2s3)cc(C(C)(C)C)c1. The molecule has 1 aliphatic rings. The zero-order valence-electron chi connectivity index (χ0n) is 55.2. The molecule has 0 N–H and O–H groups in total. The molecule has 4 aromatic carbocycles. The van der Waals surface area contributed by atoms with Gasteiger partial charge in [-0.1, -0.05) is 213 Å². The van der Waals surface area contributed by atoms with Crippen LogP contribution in [0.25, 0.3) is 41.8 Å². The molecule has 0 nitrogen and oxygen atoms in total. The number of rotatable bonds is 4. The maximum Gasteiger partial charge on any atom is 0.0494 e. The average Bonchev–Trinajstić information content (AvgIpc) is 2.05. The molecule has 5 heterocycles. The molecule has 0 fully saturated rings. The number of hydrogen-bond acceptors (Lipinski definition) is 4. The Bertz CT molecular complexity index is 3390. The fraction of sp³-hybridized carbons (Fsp3) is 0.400. The van der Waals surface area contributed by atoms with Crippen LogP contribution in [0, 0.1) is 0 Å². The third-order valence-corrected chi connectivity index (χ3v) is 21.1. The molecule has 1 aliphatic heterocycles. The highest BCUT2D eigenvalue weighted by Gasteiger charge is 2.28. The van der Waals surface area contributed by atoms with Gasteiger partial charge in [-0.2, -0.15) is 0 Å². The monoisotopic (exact) mass is 1180 g/mol. The van der Waals surface area contributed by atoms with Crippen LogP contribution in [0.4, 0.5) is 0 Å². The normalized spacial score (nSPS) is 14.1. The smallest absolute Gasteiger partial charge is 0.0494 e. The van der Waals surface area contributed by atoms with Crippen molar-refractivity contribution in [3.63, 3.8) is 0 Å². The van der Waals surface area contributed by atoms with Gasteiger partial charge in [0, 0.05) is 61.3 Å². The molecule has 436 valence electrons. The van der Waals surface area contributed by atoms with Crippen LogP contribution in [-0.4, -0.2) is 0 Å². The lowest BCUT2D eigenvalue weighted by molar-refractivity contribution is 0.567. The molecular weight excluding hydrogens is 1090 g/mol. The number of benzene rings is 4. The van der Waals surface area contributed by atoms with E-state index in [1.165, 1.54) is 64.0 Å². The van der Waals surface area contributed by atoms with Gasteiger partial charge < -0.3 is 0 Å². The summed E-state index contributed by atoms with van der Waals surface area (Å²) < 4.78 is 0. The van der Waals surface area contributed by atoms with E-state index in [1.54, 1.807) is 0 Å². The van der Waals surface area contributed by atoms with Gasteiger partial charge in [0.05, 0.1) is 0 Å². The molecule has 0 aliphatic carbocycles. The predicted molar refractivity (Wildman–Crippen MR) is 375 cm³/mol. The van der Waals surface area contributed by atoms with Crippen LogP contribution in [0.3, 0.4) is 0 Å². The number of fused-ring (bicyclic) bond motifs is 10. The Labute approximate surface area is 523 Å². The van der Waals surface area contributed by atoms with E-state index in [0.717, 1.165) is 64.1 Å². The van der Waals surface area contributed by atoms with Crippen molar-refractivity contribution in [1.82, 2.24) is 0 Å². The Morgan fingerprint density at radius 1 is 0.190 bits per heavy atom. The largest absolute Gasteiger partial charge is 0.134 e. The van der Waals surface area contributed by atoms with Crippen LogP contribution in [0.2, 0.25) is 0 Å². The summed E-state index contributed by atoms with van der Waals surface area (Å²) >= 11 is 7.39. The molecule has 0 saturated carbocycles. The first-order valence-corrected chi connectivity index (χ1v) is 33.5. The number of hydrogen-bond donors (Lipinski definition) is 0. The Balaban J connectivity index is 1.45. The van der Waals surface area contributed by atoms with Gasteiger partial charge in [-0.15, -0.1) is 45.3 Å². The van der Waals surface area contributed by atoms with Crippen molar-refractivity contribution in [2.75, 3.05) is 0 Å². The first-order chi connectivity index (χ1) is 38.6. The van der Waals surface area contributed by atoms with Crippen LogP contribution in [0.15, 0.2) is 144 Å². The Hall–Kier alpha value is -5.72. The minimum absolute atomic E-state index is 0.0737. The standard InChI is InChI=1S/C80H92S4/c1-73(2,3)53-37-49(38-54(45-53)74(4,5)6)61-25-26-62(50-39-55(75(7,8)9)46-56(40-50)76(10,11)12)66-30-35-71(82-66)72-36-32-68(84-72)64(52-43-59(79(19,20)21)48-60(44-52)80(22,23)24)28-27-63(67-31-34-70(83-67)69-33-29-65(61)81-69)51-41-57(77(13,14)15)47-58(42-51)78(16,17)18/h29-48H,1-24H3. The molecule has 0 saturated heterocycles. The van der Waals surface area contributed by atoms with E-state index in [0.29, 0.717) is 0 Å². The van der Waals surface area contributed by atoms with Crippen molar-refractivity contribution in [3.05, 3.63) is 231 Å². The van der Waals surface area contributed by atoms with E-state index >= 15 is 0 Å². The topological polar surface area (TPSA) is 0 Å². The van der Waals surface area contributed by atoms with Crippen LogP contribution < -0.4 is 0 Å². The second kappa shape index (κ2) is 22.2. The maximum atomic E-state index is 4.02. The summed E-state index contributed by atoms with van der Waals surface area (Å²) in [6, 6.07) is 47.7. The lowest BCUT2D eigenvalue weighted by Gasteiger charge is -2.26. The summed E-state index contributed by atoms with van der Waals surface area (Å²) in [6.07, 6.45) is 0. The minimum atomic E-state index is -0.0737. The summed E-state index contributed by atoms with van der Waals surface area (Å²) in [7, 11) is 0. The lowest BCUT2D eigenvalue weighted by atomic mass is 9.78. The molecule has 4 aromatic heterocycles. The quantitative estimate of drug-likeness (QED) is 0.154. The molecule has 4 heteroatoms. The zero-order chi connectivity index (χ0) is 61.7. The molecule has 0 unspecified atom stereocenters. The first-order valence-electron chi connectivity index (χ1n) is 30.2. The van der Waals surface area contributed by atoms with Gasteiger partial charge in [-0.25, -0.2) is 0 Å². The summed E-state index contributed by atoms with van der Waals surface area (Å²) in [5, 5.41) is 0. The van der Waals surface area contributed by atoms with Crippen LogP contribution in [0.5, 0.6) is 0 Å². The van der Waals surface area contributed by atoms with E-state index in [9.17, 15) is 0 Å². The van der Waals surface area contributed by atoms with Gasteiger partial charge in [-0.05, 0) is 207 Å². The van der Waals surface area contributed by atoms with Gasteiger partial charge in [0.1, 0.15) is 0 Å². The fourth-order valence-corrected chi connectivity index (χ4v) is 14.6. The van der Waals surface area contributed by atoms with Gasteiger partial charge in [0.2, 0.25) is 0 Å². The molecular formula is C80H92S4. The summed E-state index contributed by atoms with van der Waals surface area (Å²) in [4.78, 5) is 9.51. The predicted octanol–water partition coefficient (Wildman–Crippen LogP) is 24.6. The van der Waals surface area contributed by atoms with Crippen molar-refractivity contribution in [1.29, 1.82) is 0 Å². The highest BCUT2D eigenvalue weighted by atomic mass is 32.1. The first kappa shape index (κ1) is 62.8. The average molecular weight is 1180 g/mol. The van der Waals surface area contributed by atoms with Crippen molar-refractivity contribution < 1.29 is 0 Å². The molecule has 9 rings (SSSR count). The lowest BCUT2D eigenvalue weighted by Crippen LogP contribution is -2.17. The third kappa shape index (κ3) is 13.9. The van der Waals surface area contributed by atoms with E-state index in [4.69, 9.17) is 0 Å². The summed E-state index contributed by atoms with van der Waals surface area (Å²) in [6.45, 7) is 55.9. The highest BCUT2D eigenvalue weighted by Crippen LogP contribution is 2.46. The van der Waals surface area contributed by atoms with E-state index in [-0.39, 0.29) is 43.3 Å². The van der Waals surface area contributed by atoms with Gasteiger partial charge >= 0.3 is 0 Å². The Kier molecular flexibility index (Phi) is 16.6. The van der Waals surface area contributed by atoms with Crippen molar-refractivity contribution >= 4 is 67.6 Å². The summed E-state index contributed by atoms with van der Waals surface area (Å²) in [5.41, 5.74) is 34.8. The maximum absolute atomic E-state index is 4.02. The van der Waals surface area contributed by atoms with Gasteiger partial charge in [-0.3, -0.25) is 0 Å². The molecule has 8 aromatic rings. The molecule has 0 spiro atoms. The highest BCUT2D eigenvalue weighted by molar-refractivity contribution is 7.23. The molecule has 0 radical (unpaired) electrons. The Morgan fingerprint density at radius 3 is 0.452 bits per heavy atom. The molecule has 8 bridgehead atoms. The molecule has 0 atom stereocenters. The number of thiophene rings is 4. The van der Waals surface area contributed by atoms with Crippen molar-refractivity contribution in [2.45, 2.75) is 209 Å². The fourth-order valence-electron chi connectivity index (χ4n) is 10.3. The summed E-state index contributed by atoms with van der Waals surface area (Å²) in [5.74, 6) is 0. The second-order valence-corrected chi connectivity index (χ2v) is 36.2. The Morgan fingerprint density at radius 2 is 0.321 bits per heavy atom. The van der Waals surface area contributed by atoms with Crippen LogP contribution in [0.1, 0.15) is 252 Å². The van der Waals surface area contributed by atoms with E-state index < -0.39 is 0 Å². The minimum Gasteiger partial charge on any atom is -0.134 e. The molecule has 84 heavy (non-hydrogen) atoms. The van der Waals surface area contributed by atoms with Crippen LogP contribution >= 0.6 is 45.3 Å². The van der Waals surface area contributed by atoms with Crippen molar-refractivity contribution in [3.8, 4) is 19.5 Å². The van der Waals surface area contributed by atoms with Crippen LogP contribution in [-0.2, 0) is 43.3 Å². The van der Waals surface area contributed by atoms with Crippen molar-refractivity contribution in [2.24, 2.45) is 0 Å². The van der Waals surface area contributed by atoms with Gasteiger partial charge in [0.25, 0.3) is 0 Å². The third-order valence-electron chi connectivity index (χ3n) is 16.3. The second-order valence-electron chi connectivity index (χ2n) is 31.9. The van der Waals surface area contributed by atoms with E-state index in [2.05, 4.69) is 310 Å². The zero-order valence-corrected chi connectivity index (χ0v) is 58.4. The molecule has 0 amide bonds. The van der Waals surface area contributed by atoms with E-state index in [1.807, 2.05) is 45.3 Å².